The van der Waals surface area contributed by atoms with Gasteiger partial charge in [-0.1, -0.05) is 0 Å². The number of carbonyl (C=O) groups is 1. The summed E-state index contributed by atoms with van der Waals surface area (Å²) in [6, 6.07) is 0. The molecule has 0 saturated heterocycles. The van der Waals surface area contributed by atoms with Crippen molar-refractivity contribution in [1.82, 2.24) is 14.9 Å². The van der Waals surface area contributed by atoms with E-state index in [-0.39, 0.29) is 19.0 Å². The van der Waals surface area contributed by atoms with Crippen molar-refractivity contribution >= 4 is 6.09 Å². The largest absolute Gasteiger partial charge is 0.493 e. The Morgan fingerprint density at radius 2 is 2.24 bits per heavy atom. The zero-order valence-corrected chi connectivity index (χ0v) is 10.1. The third-order valence-electron chi connectivity index (χ3n) is 1.85. The topological polar surface area (TPSA) is 96.3 Å². The molecule has 3 N–H and O–H groups in total. The Bertz CT molecular complexity index is 441. The van der Waals surface area contributed by atoms with Gasteiger partial charge in [0.1, 0.15) is 5.60 Å². The number of amides is 1. The number of rotatable bonds is 3. The summed E-state index contributed by atoms with van der Waals surface area (Å²) in [4.78, 5) is 24.7. The van der Waals surface area contributed by atoms with Crippen molar-refractivity contribution in [1.29, 1.82) is 0 Å². The molecular formula is C10H17N3O4. The summed E-state index contributed by atoms with van der Waals surface area (Å²) in [6.07, 6.45) is 0.635. The molecule has 1 rings (SSSR count). The van der Waals surface area contributed by atoms with Crippen LogP contribution >= 0.6 is 0 Å². The van der Waals surface area contributed by atoms with E-state index in [0.29, 0.717) is 0 Å². The van der Waals surface area contributed by atoms with Crippen molar-refractivity contribution in [2.45, 2.75) is 32.9 Å². The van der Waals surface area contributed by atoms with Gasteiger partial charge in [0.15, 0.2) is 0 Å². The van der Waals surface area contributed by atoms with Gasteiger partial charge in [0, 0.05) is 13.1 Å². The fraction of sp³-hybridized carbons (Fsp3) is 0.600. The summed E-state index contributed by atoms with van der Waals surface area (Å²) >= 11 is 0. The number of nitrogens with one attached hydrogen (secondary N) is 2. The van der Waals surface area contributed by atoms with Crippen LogP contribution in [0.4, 0.5) is 4.79 Å². The first-order valence-corrected chi connectivity index (χ1v) is 5.23. The fourth-order valence-corrected chi connectivity index (χ4v) is 1.19. The highest BCUT2D eigenvalue weighted by molar-refractivity contribution is 5.67. The molecule has 1 aromatic rings. The fourth-order valence-electron chi connectivity index (χ4n) is 1.19. The predicted molar refractivity (Wildman–Crippen MR) is 61.0 cm³/mol. The van der Waals surface area contributed by atoms with E-state index in [2.05, 4.69) is 10.3 Å². The lowest BCUT2D eigenvalue weighted by atomic mass is 10.2. The van der Waals surface area contributed by atoms with Crippen LogP contribution in [-0.2, 0) is 11.3 Å². The number of aromatic amines is 1. The van der Waals surface area contributed by atoms with Gasteiger partial charge < -0.3 is 20.1 Å². The third-order valence-corrected chi connectivity index (χ3v) is 1.85. The molecule has 0 bridgehead atoms. The number of aromatic nitrogens is 2. The molecule has 0 aliphatic carbocycles. The molecule has 0 aliphatic rings. The lowest BCUT2D eigenvalue weighted by Crippen LogP contribution is -2.35. The van der Waals surface area contributed by atoms with E-state index in [4.69, 9.17) is 4.74 Å². The zero-order valence-electron chi connectivity index (χ0n) is 10.1. The quantitative estimate of drug-likeness (QED) is 0.716. The van der Waals surface area contributed by atoms with Gasteiger partial charge in [-0.05, 0) is 20.8 Å². The summed E-state index contributed by atoms with van der Waals surface area (Å²) in [5.41, 5.74) is -0.981. The minimum absolute atomic E-state index is 0.166. The number of alkyl carbamates (subject to hydrolysis) is 1. The van der Waals surface area contributed by atoms with Gasteiger partial charge in [-0.2, -0.15) is 0 Å². The van der Waals surface area contributed by atoms with Gasteiger partial charge in [0.2, 0.25) is 5.88 Å². The van der Waals surface area contributed by atoms with E-state index in [1.165, 1.54) is 6.20 Å². The van der Waals surface area contributed by atoms with Crippen LogP contribution in [0.5, 0.6) is 5.88 Å². The lowest BCUT2D eigenvalue weighted by Gasteiger charge is -2.19. The molecule has 0 saturated carbocycles. The maximum absolute atomic E-state index is 11.3. The Labute approximate surface area is 98.4 Å². The van der Waals surface area contributed by atoms with Crippen molar-refractivity contribution in [2.75, 3.05) is 6.54 Å². The molecule has 7 nitrogen and oxygen atoms in total. The smallest absolute Gasteiger partial charge is 0.407 e. The summed E-state index contributed by atoms with van der Waals surface area (Å²) in [5.74, 6) is -0.166. The van der Waals surface area contributed by atoms with Crippen LogP contribution in [-0.4, -0.2) is 32.9 Å². The van der Waals surface area contributed by atoms with Crippen LogP contribution in [0.3, 0.4) is 0 Å². The highest BCUT2D eigenvalue weighted by Gasteiger charge is 2.15. The minimum atomic E-state index is -0.558. The van der Waals surface area contributed by atoms with Crippen molar-refractivity contribution in [3.63, 3.8) is 0 Å². The van der Waals surface area contributed by atoms with Crippen molar-refractivity contribution < 1.29 is 14.6 Å². The summed E-state index contributed by atoms with van der Waals surface area (Å²) in [6.45, 7) is 5.65. The molecule has 0 aromatic carbocycles. The molecule has 1 amide bonds. The van der Waals surface area contributed by atoms with Gasteiger partial charge in [0.05, 0.1) is 6.20 Å². The Hall–Kier alpha value is -1.92. The van der Waals surface area contributed by atoms with Crippen LogP contribution in [0.25, 0.3) is 0 Å². The molecule has 0 spiro atoms. The van der Waals surface area contributed by atoms with Crippen LogP contribution in [0.15, 0.2) is 11.0 Å². The molecule has 1 heterocycles. The van der Waals surface area contributed by atoms with Gasteiger partial charge >= 0.3 is 11.8 Å². The van der Waals surface area contributed by atoms with E-state index in [0.717, 1.165) is 4.57 Å². The molecule has 1 aromatic heterocycles. The molecule has 0 radical (unpaired) electrons. The highest BCUT2D eigenvalue weighted by Crippen LogP contribution is 2.06. The first-order valence-electron chi connectivity index (χ1n) is 5.23. The molecule has 96 valence electrons. The monoisotopic (exact) mass is 243 g/mol. The summed E-state index contributed by atoms with van der Waals surface area (Å²) < 4.78 is 6.12. The van der Waals surface area contributed by atoms with Gasteiger partial charge in [-0.25, -0.2) is 9.59 Å². The number of nitrogens with zero attached hydrogens (tertiary/aromatic N) is 1. The predicted octanol–water partition coefficient (Wildman–Crippen LogP) is 0.407. The lowest BCUT2D eigenvalue weighted by molar-refractivity contribution is 0.0525. The van der Waals surface area contributed by atoms with Crippen molar-refractivity contribution in [2.24, 2.45) is 0 Å². The summed E-state index contributed by atoms with van der Waals surface area (Å²) in [5, 5.41) is 11.8. The second kappa shape index (κ2) is 4.94. The molecule has 0 unspecified atom stereocenters. The van der Waals surface area contributed by atoms with E-state index >= 15 is 0 Å². The highest BCUT2D eigenvalue weighted by atomic mass is 16.6. The van der Waals surface area contributed by atoms with Crippen LogP contribution in [0.2, 0.25) is 0 Å². The van der Waals surface area contributed by atoms with E-state index in [9.17, 15) is 14.7 Å². The van der Waals surface area contributed by atoms with E-state index in [1.807, 2.05) is 0 Å². The Morgan fingerprint density at radius 3 is 2.71 bits per heavy atom. The average Bonchev–Trinajstić information content (AvgIpc) is 2.46. The number of carbonyl (C=O) groups excluding carboxylic acids is 1. The molecule has 7 heteroatoms. The van der Waals surface area contributed by atoms with Crippen molar-refractivity contribution in [3.05, 3.63) is 16.7 Å². The number of hydrogen-bond acceptors (Lipinski definition) is 4. The normalized spacial score (nSPS) is 11.2. The maximum Gasteiger partial charge on any atom is 0.407 e. The second-order valence-electron chi connectivity index (χ2n) is 4.53. The number of imidazole rings is 1. The van der Waals surface area contributed by atoms with E-state index < -0.39 is 17.4 Å². The van der Waals surface area contributed by atoms with Crippen LogP contribution in [0.1, 0.15) is 20.8 Å². The molecule has 17 heavy (non-hydrogen) atoms. The number of hydrogen-bond donors (Lipinski definition) is 3. The Balaban J connectivity index is 2.39. The number of ether oxygens (including phenoxy) is 1. The molecule has 0 atom stereocenters. The zero-order chi connectivity index (χ0) is 13.1. The second-order valence-corrected chi connectivity index (χ2v) is 4.53. The first-order chi connectivity index (χ1) is 7.79. The SMILES string of the molecule is CC(C)(C)OC(=O)NCCn1c(O)c[nH]c1=O. The maximum atomic E-state index is 11.3. The van der Waals surface area contributed by atoms with Gasteiger partial charge in [0.25, 0.3) is 0 Å². The number of H-pyrrole nitrogens is 1. The van der Waals surface area contributed by atoms with Crippen LogP contribution < -0.4 is 11.0 Å². The van der Waals surface area contributed by atoms with Gasteiger partial charge in [-0.3, -0.25) is 4.57 Å². The Kier molecular flexibility index (Phi) is 3.82. The van der Waals surface area contributed by atoms with E-state index in [1.54, 1.807) is 20.8 Å². The average molecular weight is 243 g/mol. The minimum Gasteiger partial charge on any atom is -0.493 e. The third kappa shape index (κ3) is 4.21. The molecule has 0 aliphatic heterocycles. The van der Waals surface area contributed by atoms with Crippen LogP contribution in [0, 0.1) is 0 Å². The summed E-state index contributed by atoms with van der Waals surface area (Å²) in [7, 11) is 0. The Morgan fingerprint density at radius 1 is 1.59 bits per heavy atom. The van der Waals surface area contributed by atoms with Crippen molar-refractivity contribution in [3.8, 4) is 5.88 Å². The standard InChI is InChI=1S/C10H17N3O4/c1-10(2,3)17-9(16)11-4-5-13-7(14)6-12-8(13)15/h6,14H,4-5H2,1-3H3,(H,11,16)(H,12,15). The van der Waals surface area contributed by atoms with Gasteiger partial charge in [-0.15, -0.1) is 0 Å². The number of aromatic hydroxyl groups is 1. The molecular weight excluding hydrogens is 226 g/mol. The molecule has 0 fully saturated rings. The first kappa shape index (κ1) is 13.1.